The minimum atomic E-state index is -4.21. The molecule has 38 heavy (non-hydrogen) atoms. The van der Waals surface area contributed by atoms with Crippen molar-refractivity contribution < 1.29 is 18.0 Å². The maximum absolute atomic E-state index is 13.9. The zero-order chi connectivity index (χ0) is 27.9. The topological polar surface area (TPSA) is 86.8 Å². The summed E-state index contributed by atoms with van der Waals surface area (Å²) in [6.45, 7) is 3.49. The van der Waals surface area contributed by atoms with Crippen molar-refractivity contribution in [1.29, 1.82) is 0 Å². The average molecular weight is 597 g/mol. The van der Waals surface area contributed by atoms with Crippen LogP contribution in [0, 0.1) is 0 Å². The highest BCUT2D eigenvalue weighted by Crippen LogP contribution is 2.27. The molecule has 1 N–H and O–H groups in total. The molecule has 0 spiro atoms. The Labute approximate surface area is 238 Å². The Hall–Kier alpha value is -2.78. The van der Waals surface area contributed by atoms with Crippen LogP contribution >= 0.6 is 34.8 Å². The van der Waals surface area contributed by atoms with Crippen LogP contribution in [0.4, 0.5) is 5.69 Å². The number of carbonyl (C=O) groups excluding carboxylic acids is 2. The summed E-state index contributed by atoms with van der Waals surface area (Å²) in [7, 11) is -4.21. The molecule has 0 aliphatic rings. The highest BCUT2D eigenvalue weighted by Gasteiger charge is 2.33. The van der Waals surface area contributed by atoms with E-state index < -0.39 is 28.5 Å². The summed E-state index contributed by atoms with van der Waals surface area (Å²) in [5.74, 6) is -0.886. The van der Waals surface area contributed by atoms with Crippen LogP contribution in [0.5, 0.6) is 0 Å². The van der Waals surface area contributed by atoms with Crippen LogP contribution < -0.4 is 9.62 Å². The summed E-state index contributed by atoms with van der Waals surface area (Å²) in [5, 5.41) is 3.97. The average Bonchev–Trinajstić information content (AvgIpc) is 2.88. The summed E-state index contributed by atoms with van der Waals surface area (Å²) in [6.07, 6.45) is 0.326. The van der Waals surface area contributed by atoms with E-state index in [1.165, 1.54) is 35.2 Å². The van der Waals surface area contributed by atoms with Crippen molar-refractivity contribution in [2.75, 3.05) is 17.4 Å². The van der Waals surface area contributed by atoms with Gasteiger partial charge in [-0.15, -0.1) is 0 Å². The number of carbonyl (C=O) groups is 2. The zero-order valence-corrected chi connectivity index (χ0v) is 24.0. The molecule has 1 atom stereocenters. The van der Waals surface area contributed by atoms with Gasteiger partial charge in [-0.25, -0.2) is 8.42 Å². The molecule has 11 heteroatoms. The first-order valence-corrected chi connectivity index (χ1v) is 14.5. The van der Waals surface area contributed by atoms with Crippen molar-refractivity contribution in [1.82, 2.24) is 10.2 Å². The smallest absolute Gasteiger partial charge is 0.264 e. The fraction of sp³-hybridized carbons (Fsp3) is 0.259. The summed E-state index contributed by atoms with van der Waals surface area (Å²) < 4.78 is 28.5. The maximum Gasteiger partial charge on any atom is 0.264 e. The number of halogens is 3. The van der Waals surface area contributed by atoms with Gasteiger partial charge in [0.1, 0.15) is 12.6 Å². The number of rotatable bonds is 11. The van der Waals surface area contributed by atoms with Gasteiger partial charge in [-0.1, -0.05) is 59.9 Å². The molecule has 0 saturated heterocycles. The molecule has 0 saturated carbocycles. The van der Waals surface area contributed by atoms with Crippen molar-refractivity contribution >= 4 is 62.3 Å². The fourth-order valence-corrected chi connectivity index (χ4v) is 5.73. The minimum absolute atomic E-state index is 0.0466. The standard InChI is InChI=1S/C27H28Cl3N3O4S/c1-3-25(27(35)31-4-2)32(17-19-8-10-20(28)11-9-19)26(34)18-33(23-7-5-6-22(30)16-23)38(36,37)24-14-12-21(29)13-15-24/h5-16,25H,3-4,17-18H2,1-2H3,(H,31,35). The van der Waals surface area contributed by atoms with E-state index in [9.17, 15) is 18.0 Å². The van der Waals surface area contributed by atoms with E-state index in [-0.39, 0.29) is 23.0 Å². The molecule has 202 valence electrons. The number of benzene rings is 3. The SMILES string of the molecule is CCNC(=O)C(CC)N(Cc1ccc(Cl)cc1)C(=O)CN(c1cccc(Cl)c1)S(=O)(=O)c1ccc(Cl)cc1. The van der Waals surface area contributed by atoms with E-state index in [0.717, 1.165) is 9.87 Å². The molecule has 0 fully saturated rings. The molecule has 0 aromatic heterocycles. The lowest BCUT2D eigenvalue weighted by atomic mass is 10.1. The number of hydrogen-bond donors (Lipinski definition) is 1. The molecule has 2 amide bonds. The maximum atomic E-state index is 13.9. The lowest BCUT2D eigenvalue weighted by Gasteiger charge is -2.33. The first-order valence-electron chi connectivity index (χ1n) is 11.9. The molecule has 0 bridgehead atoms. The molecular weight excluding hydrogens is 569 g/mol. The predicted molar refractivity (Wildman–Crippen MR) is 152 cm³/mol. The van der Waals surface area contributed by atoms with Gasteiger partial charge in [0.15, 0.2) is 0 Å². The highest BCUT2D eigenvalue weighted by molar-refractivity contribution is 7.92. The number of hydrogen-bond acceptors (Lipinski definition) is 4. The van der Waals surface area contributed by atoms with Crippen molar-refractivity contribution in [2.45, 2.75) is 37.8 Å². The third-order valence-electron chi connectivity index (χ3n) is 5.78. The molecule has 0 radical (unpaired) electrons. The summed E-state index contributed by atoms with van der Waals surface area (Å²) >= 11 is 18.2. The fourth-order valence-electron chi connectivity index (χ4n) is 3.89. The van der Waals surface area contributed by atoms with Gasteiger partial charge in [0.05, 0.1) is 10.6 Å². The Balaban J connectivity index is 2.05. The summed E-state index contributed by atoms with van der Waals surface area (Å²) in [4.78, 5) is 28.2. The first-order chi connectivity index (χ1) is 18.1. The van der Waals surface area contributed by atoms with Crippen molar-refractivity contribution in [3.8, 4) is 0 Å². The Morgan fingerprint density at radius 2 is 1.47 bits per heavy atom. The first kappa shape index (κ1) is 29.8. The van der Waals surface area contributed by atoms with E-state index in [4.69, 9.17) is 34.8 Å². The van der Waals surface area contributed by atoms with Crippen LogP contribution in [0.25, 0.3) is 0 Å². The molecule has 3 aromatic rings. The van der Waals surface area contributed by atoms with Crippen molar-refractivity contribution in [2.24, 2.45) is 0 Å². The molecule has 0 aliphatic carbocycles. The van der Waals surface area contributed by atoms with Gasteiger partial charge >= 0.3 is 0 Å². The number of amides is 2. The molecule has 1 unspecified atom stereocenters. The molecular formula is C27H28Cl3N3O4S. The predicted octanol–water partition coefficient (Wildman–Crippen LogP) is 5.79. The van der Waals surface area contributed by atoms with E-state index in [1.807, 2.05) is 0 Å². The number of anilines is 1. The van der Waals surface area contributed by atoms with Crippen molar-refractivity contribution in [3.63, 3.8) is 0 Å². The van der Waals surface area contributed by atoms with E-state index >= 15 is 0 Å². The summed E-state index contributed by atoms with van der Waals surface area (Å²) in [5.41, 5.74) is 0.943. The minimum Gasteiger partial charge on any atom is -0.355 e. The quantitative estimate of drug-likeness (QED) is 0.304. The normalized spacial score (nSPS) is 12.0. The molecule has 0 aliphatic heterocycles. The number of nitrogens with one attached hydrogen (secondary N) is 1. The second-order valence-electron chi connectivity index (χ2n) is 8.41. The highest BCUT2D eigenvalue weighted by atomic mass is 35.5. The Morgan fingerprint density at radius 3 is 2.03 bits per heavy atom. The number of sulfonamides is 1. The van der Waals surface area contributed by atoms with Crippen LogP contribution in [-0.2, 0) is 26.2 Å². The second-order valence-corrected chi connectivity index (χ2v) is 11.6. The van der Waals surface area contributed by atoms with Crippen LogP contribution in [0.15, 0.2) is 77.7 Å². The molecule has 7 nitrogen and oxygen atoms in total. The zero-order valence-electron chi connectivity index (χ0n) is 20.9. The van der Waals surface area contributed by atoms with Gasteiger partial charge in [-0.3, -0.25) is 13.9 Å². The van der Waals surface area contributed by atoms with Gasteiger partial charge in [0.2, 0.25) is 11.8 Å². The van der Waals surface area contributed by atoms with Crippen LogP contribution in [0.2, 0.25) is 15.1 Å². The molecule has 0 heterocycles. The third-order valence-corrected chi connectivity index (χ3v) is 8.31. The van der Waals surface area contributed by atoms with E-state index in [2.05, 4.69) is 5.32 Å². The lowest BCUT2D eigenvalue weighted by Crippen LogP contribution is -2.52. The Morgan fingerprint density at radius 1 is 0.868 bits per heavy atom. The van der Waals surface area contributed by atoms with E-state index in [1.54, 1.807) is 56.3 Å². The lowest BCUT2D eigenvalue weighted by molar-refractivity contribution is -0.140. The number of nitrogens with zero attached hydrogens (tertiary/aromatic N) is 2. The Kier molecular flexibility index (Phi) is 10.4. The van der Waals surface area contributed by atoms with Gasteiger partial charge < -0.3 is 10.2 Å². The second kappa shape index (κ2) is 13.3. The van der Waals surface area contributed by atoms with Gasteiger partial charge in [-0.2, -0.15) is 0 Å². The van der Waals surface area contributed by atoms with E-state index in [0.29, 0.717) is 28.0 Å². The van der Waals surface area contributed by atoms with Gasteiger partial charge in [0.25, 0.3) is 10.0 Å². The molecule has 3 rings (SSSR count). The van der Waals surface area contributed by atoms with Crippen molar-refractivity contribution in [3.05, 3.63) is 93.4 Å². The monoisotopic (exact) mass is 595 g/mol. The van der Waals surface area contributed by atoms with Crippen LogP contribution in [-0.4, -0.2) is 44.3 Å². The van der Waals surface area contributed by atoms with Crippen LogP contribution in [0.1, 0.15) is 25.8 Å². The largest absolute Gasteiger partial charge is 0.355 e. The third kappa shape index (κ3) is 7.41. The summed E-state index contributed by atoms with van der Waals surface area (Å²) in [6, 6.07) is 18.0. The van der Waals surface area contributed by atoms with Gasteiger partial charge in [0, 0.05) is 28.2 Å². The Bertz CT molecular complexity index is 1370. The number of likely N-dealkylation sites (N-methyl/N-ethyl adjacent to an activating group) is 1. The van der Waals surface area contributed by atoms with Gasteiger partial charge in [-0.05, 0) is 73.5 Å². The molecule has 3 aromatic carbocycles. The van der Waals surface area contributed by atoms with Crippen LogP contribution in [0.3, 0.4) is 0 Å².